The maximum atomic E-state index is 11.9. The standard InChI is InChI=1S/C18H19NO3/c20-19-12-11-17(21-13-15-7-3-1-4-8-15)18(19)22-14-16-9-5-2-6-10-16/h1-10,12,17-18H,11,13-14H2/t17-,18-/m0/s1. The van der Waals surface area contributed by atoms with Crippen molar-refractivity contribution in [2.75, 3.05) is 0 Å². The van der Waals surface area contributed by atoms with Gasteiger partial charge >= 0.3 is 0 Å². The van der Waals surface area contributed by atoms with Gasteiger partial charge in [-0.2, -0.15) is 4.74 Å². The second-order valence-corrected chi connectivity index (χ2v) is 5.30. The molecule has 2 aromatic rings. The molecule has 3 rings (SSSR count). The van der Waals surface area contributed by atoms with Crippen LogP contribution < -0.4 is 0 Å². The summed E-state index contributed by atoms with van der Waals surface area (Å²) in [5, 5.41) is 11.9. The number of hydroxylamine groups is 1. The Morgan fingerprint density at radius 2 is 1.41 bits per heavy atom. The highest BCUT2D eigenvalue weighted by Crippen LogP contribution is 2.18. The molecule has 0 saturated heterocycles. The fourth-order valence-electron chi connectivity index (χ4n) is 2.46. The van der Waals surface area contributed by atoms with Crippen LogP contribution in [-0.2, 0) is 22.7 Å². The zero-order valence-electron chi connectivity index (χ0n) is 12.3. The van der Waals surface area contributed by atoms with Crippen LogP contribution in [0.2, 0.25) is 0 Å². The highest BCUT2D eigenvalue weighted by atomic mass is 16.6. The van der Waals surface area contributed by atoms with Crippen molar-refractivity contribution in [3.63, 3.8) is 0 Å². The Balaban J connectivity index is 1.55. The van der Waals surface area contributed by atoms with Gasteiger partial charge in [-0.1, -0.05) is 60.7 Å². The van der Waals surface area contributed by atoms with Crippen molar-refractivity contribution in [1.29, 1.82) is 0 Å². The van der Waals surface area contributed by atoms with Gasteiger partial charge in [0.25, 0.3) is 6.23 Å². The first-order valence-electron chi connectivity index (χ1n) is 7.43. The van der Waals surface area contributed by atoms with Crippen LogP contribution in [0.15, 0.2) is 60.7 Å². The lowest BCUT2D eigenvalue weighted by atomic mass is 10.2. The minimum atomic E-state index is -0.580. The molecule has 22 heavy (non-hydrogen) atoms. The molecule has 1 aliphatic heterocycles. The summed E-state index contributed by atoms with van der Waals surface area (Å²) in [6, 6.07) is 19.8. The molecule has 0 aliphatic carbocycles. The third kappa shape index (κ3) is 3.72. The normalized spacial score (nSPS) is 20.8. The Labute approximate surface area is 130 Å². The molecule has 0 amide bonds. The summed E-state index contributed by atoms with van der Waals surface area (Å²) in [5.74, 6) is 0. The van der Waals surface area contributed by atoms with Crippen LogP contribution in [-0.4, -0.2) is 23.3 Å². The lowest BCUT2D eigenvalue weighted by molar-refractivity contribution is -0.558. The number of benzene rings is 2. The van der Waals surface area contributed by atoms with E-state index in [1.165, 1.54) is 0 Å². The van der Waals surface area contributed by atoms with Crippen LogP contribution in [0.5, 0.6) is 0 Å². The van der Waals surface area contributed by atoms with Crippen molar-refractivity contribution >= 4 is 6.21 Å². The van der Waals surface area contributed by atoms with E-state index in [1.54, 1.807) is 6.21 Å². The molecule has 4 nitrogen and oxygen atoms in total. The van der Waals surface area contributed by atoms with E-state index in [0.29, 0.717) is 19.6 Å². The SMILES string of the molecule is [O-][N+]1=CC[C@H](OCc2ccccc2)[C@@H]1OCc1ccccc1. The highest BCUT2D eigenvalue weighted by Gasteiger charge is 2.35. The van der Waals surface area contributed by atoms with Crippen LogP contribution in [0.3, 0.4) is 0 Å². The van der Waals surface area contributed by atoms with Gasteiger partial charge in [0, 0.05) is 0 Å². The number of ether oxygens (including phenoxy) is 2. The van der Waals surface area contributed by atoms with Crippen LogP contribution in [0.25, 0.3) is 0 Å². The molecular weight excluding hydrogens is 278 g/mol. The summed E-state index contributed by atoms with van der Waals surface area (Å²) in [7, 11) is 0. The highest BCUT2D eigenvalue weighted by molar-refractivity contribution is 5.54. The van der Waals surface area contributed by atoms with Gasteiger partial charge in [0.15, 0.2) is 12.3 Å². The maximum absolute atomic E-state index is 11.9. The van der Waals surface area contributed by atoms with Gasteiger partial charge in [0.2, 0.25) is 0 Å². The molecule has 0 saturated carbocycles. The molecule has 0 N–H and O–H groups in total. The predicted octanol–water partition coefficient (Wildman–Crippen LogP) is 3.10. The zero-order valence-corrected chi connectivity index (χ0v) is 12.3. The van der Waals surface area contributed by atoms with Gasteiger partial charge in [-0.05, 0) is 11.1 Å². The zero-order chi connectivity index (χ0) is 15.2. The minimum Gasteiger partial charge on any atom is -0.622 e. The largest absolute Gasteiger partial charge is 0.622 e. The number of hydrogen-bond acceptors (Lipinski definition) is 3. The fourth-order valence-corrected chi connectivity index (χ4v) is 2.46. The van der Waals surface area contributed by atoms with E-state index in [0.717, 1.165) is 15.9 Å². The summed E-state index contributed by atoms with van der Waals surface area (Å²) in [5.41, 5.74) is 2.14. The van der Waals surface area contributed by atoms with Crippen LogP contribution in [0, 0.1) is 5.21 Å². The lowest BCUT2D eigenvalue weighted by Gasteiger charge is -2.19. The van der Waals surface area contributed by atoms with Crippen molar-refractivity contribution < 1.29 is 14.2 Å². The van der Waals surface area contributed by atoms with E-state index in [4.69, 9.17) is 9.47 Å². The average Bonchev–Trinajstić information content (AvgIpc) is 2.93. The Hall–Kier alpha value is -2.17. The summed E-state index contributed by atoms with van der Waals surface area (Å²) in [4.78, 5) is 0. The van der Waals surface area contributed by atoms with Crippen molar-refractivity contribution in [2.45, 2.75) is 32.0 Å². The number of hydrogen-bond donors (Lipinski definition) is 0. The molecule has 0 radical (unpaired) electrons. The Bertz CT molecular complexity index is 613. The predicted molar refractivity (Wildman–Crippen MR) is 84.3 cm³/mol. The van der Waals surface area contributed by atoms with Crippen molar-refractivity contribution in [1.82, 2.24) is 0 Å². The van der Waals surface area contributed by atoms with E-state index in [1.807, 2.05) is 60.7 Å². The van der Waals surface area contributed by atoms with Gasteiger partial charge in [0.1, 0.15) is 0 Å². The first kappa shape index (κ1) is 14.8. The Kier molecular flexibility index (Phi) is 4.83. The number of nitrogens with zero attached hydrogens (tertiary/aromatic N) is 1. The molecular formula is C18H19NO3. The van der Waals surface area contributed by atoms with E-state index in [2.05, 4.69) is 0 Å². The van der Waals surface area contributed by atoms with Crippen molar-refractivity contribution in [2.24, 2.45) is 0 Å². The van der Waals surface area contributed by atoms with E-state index in [9.17, 15) is 5.21 Å². The van der Waals surface area contributed by atoms with Crippen LogP contribution in [0.1, 0.15) is 17.5 Å². The molecule has 114 valence electrons. The maximum Gasteiger partial charge on any atom is 0.294 e. The topological polar surface area (TPSA) is 44.5 Å². The number of rotatable bonds is 6. The van der Waals surface area contributed by atoms with Gasteiger partial charge in [-0.15, -0.1) is 0 Å². The molecule has 0 bridgehead atoms. The van der Waals surface area contributed by atoms with E-state index in [-0.39, 0.29) is 6.10 Å². The van der Waals surface area contributed by atoms with Crippen LogP contribution in [0.4, 0.5) is 0 Å². The smallest absolute Gasteiger partial charge is 0.294 e. The minimum absolute atomic E-state index is 0.235. The van der Waals surface area contributed by atoms with Gasteiger partial charge in [-0.25, -0.2) is 0 Å². The monoisotopic (exact) mass is 297 g/mol. The first-order valence-corrected chi connectivity index (χ1v) is 7.43. The molecule has 4 heteroatoms. The molecule has 2 atom stereocenters. The third-order valence-corrected chi connectivity index (χ3v) is 3.66. The molecule has 0 unspecified atom stereocenters. The third-order valence-electron chi connectivity index (χ3n) is 3.66. The molecule has 1 aliphatic rings. The molecule has 0 spiro atoms. The second-order valence-electron chi connectivity index (χ2n) is 5.30. The summed E-state index contributed by atoms with van der Waals surface area (Å²) >= 11 is 0. The Morgan fingerprint density at radius 3 is 2.00 bits per heavy atom. The van der Waals surface area contributed by atoms with Crippen molar-refractivity contribution in [3.05, 3.63) is 77.0 Å². The lowest BCUT2D eigenvalue weighted by Crippen LogP contribution is -2.33. The van der Waals surface area contributed by atoms with E-state index < -0.39 is 6.23 Å². The summed E-state index contributed by atoms with van der Waals surface area (Å²) in [6.07, 6.45) is 1.35. The molecule has 0 aromatic heterocycles. The van der Waals surface area contributed by atoms with Gasteiger partial charge in [0.05, 0.1) is 19.6 Å². The quantitative estimate of drug-likeness (QED) is 0.608. The summed E-state index contributed by atoms with van der Waals surface area (Å²) in [6.45, 7) is 0.891. The van der Waals surface area contributed by atoms with Crippen molar-refractivity contribution in [3.8, 4) is 0 Å². The average molecular weight is 297 g/mol. The second kappa shape index (κ2) is 7.20. The van der Waals surface area contributed by atoms with Gasteiger partial charge < -0.3 is 14.7 Å². The molecule has 0 fully saturated rings. The Morgan fingerprint density at radius 1 is 0.864 bits per heavy atom. The first-order chi connectivity index (χ1) is 10.8. The van der Waals surface area contributed by atoms with Crippen LogP contribution >= 0.6 is 0 Å². The fraction of sp³-hybridized carbons (Fsp3) is 0.278. The molecule has 1 heterocycles. The summed E-state index contributed by atoms with van der Waals surface area (Å²) < 4.78 is 12.5. The van der Waals surface area contributed by atoms with Gasteiger partial charge in [-0.3, -0.25) is 0 Å². The van der Waals surface area contributed by atoms with E-state index >= 15 is 0 Å². The molecule has 2 aromatic carbocycles.